The minimum absolute atomic E-state index is 0.0562. The molecule has 0 saturated heterocycles. The van der Waals surface area contributed by atoms with Gasteiger partial charge in [-0.3, -0.25) is 15.5 Å². The van der Waals surface area contributed by atoms with E-state index in [-0.39, 0.29) is 15.9 Å². The Labute approximate surface area is 205 Å². The summed E-state index contributed by atoms with van der Waals surface area (Å²) in [6.07, 6.45) is -11.2. The van der Waals surface area contributed by atoms with Gasteiger partial charge >= 0.3 is 12.4 Å². The van der Waals surface area contributed by atoms with Crippen molar-refractivity contribution in [1.82, 2.24) is 15.8 Å². The predicted molar refractivity (Wildman–Crippen MR) is 113 cm³/mol. The molecule has 3 aromatic rings. The number of aromatic nitrogens is 2. The van der Waals surface area contributed by atoms with Gasteiger partial charge < -0.3 is 5.32 Å². The molecule has 1 heterocycles. The SMILES string of the molecule is O=C(CCc1cc(C(F)(F)F)ccc1C(F)(F)F)Nc1nonc1C(=Nc1ccc(F)c(Br)c1)NO. The smallest absolute Gasteiger partial charge is 0.306 e. The highest BCUT2D eigenvalue weighted by Crippen LogP contribution is 2.37. The number of carbonyl (C=O) groups excluding carboxylic acids is 1. The number of aliphatic imine (C=N–C) groups is 1. The van der Waals surface area contributed by atoms with Gasteiger partial charge in [0.15, 0.2) is 11.5 Å². The van der Waals surface area contributed by atoms with Crippen molar-refractivity contribution < 1.29 is 45.4 Å². The van der Waals surface area contributed by atoms with Crippen LogP contribution in [0.1, 0.15) is 28.8 Å². The van der Waals surface area contributed by atoms with Crippen molar-refractivity contribution in [1.29, 1.82) is 0 Å². The topological polar surface area (TPSA) is 113 Å². The summed E-state index contributed by atoms with van der Waals surface area (Å²) in [7, 11) is 0. The third-order valence-corrected chi connectivity index (χ3v) is 5.19. The number of hydrogen-bond acceptors (Lipinski definition) is 6. The van der Waals surface area contributed by atoms with Crippen LogP contribution in [0.25, 0.3) is 0 Å². The normalized spacial score (nSPS) is 12.5. The standard InChI is InChI=1S/C20H13BrF7N5O3/c21-13-8-11(3-5-14(13)22)29-17(31-35)16-18(33-36-32-16)30-15(34)6-1-9-7-10(19(23,24)25)2-4-12(9)20(26,27)28/h2-5,7-8,35H,1,6H2,(H,29,31)(H,30,33,34). The number of alkyl halides is 6. The maximum Gasteiger partial charge on any atom is 0.416 e. The second-order valence-corrected chi connectivity index (χ2v) is 7.90. The summed E-state index contributed by atoms with van der Waals surface area (Å²) in [5.74, 6) is -2.33. The van der Waals surface area contributed by atoms with Crippen LogP contribution in [-0.4, -0.2) is 27.3 Å². The van der Waals surface area contributed by atoms with Crippen molar-refractivity contribution >= 4 is 39.2 Å². The first kappa shape index (κ1) is 27.1. The molecule has 3 rings (SSSR count). The molecule has 8 nitrogen and oxygen atoms in total. The fourth-order valence-corrected chi connectivity index (χ4v) is 3.30. The molecule has 192 valence electrons. The van der Waals surface area contributed by atoms with Gasteiger partial charge in [-0.05, 0) is 74.6 Å². The van der Waals surface area contributed by atoms with Crippen LogP contribution in [0.15, 0.2) is 50.5 Å². The summed E-state index contributed by atoms with van der Waals surface area (Å²) in [5, 5.41) is 18.5. The van der Waals surface area contributed by atoms with E-state index in [1.54, 1.807) is 5.48 Å². The lowest BCUT2D eigenvalue weighted by Crippen LogP contribution is -2.23. The van der Waals surface area contributed by atoms with E-state index in [4.69, 9.17) is 0 Å². The third-order valence-electron chi connectivity index (χ3n) is 4.58. The Morgan fingerprint density at radius 1 is 1.06 bits per heavy atom. The molecule has 0 fully saturated rings. The Morgan fingerprint density at radius 2 is 1.78 bits per heavy atom. The van der Waals surface area contributed by atoms with Crippen LogP contribution in [0.3, 0.4) is 0 Å². The quantitative estimate of drug-likeness (QED) is 0.150. The summed E-state index contributed by atoms with van der Waals surface area (Å²) in [6.45, 7) is 0. The maximum absolute atomic E-state index is 13.4. The zero-order chi connectivity index (χ0) is 26.7. The number of aryl methyl sites for hydroxylation is 1. The van der Waals surface area contributed by atoms with Crippen molar-refractivity contribution in [2.24, 2.45) is 4.99 Å². The van der Waals surface area contributed by atoms with Gasteiger partial charge in [0.25, 0.3) is 0 Å². The van der Waals surface area contributed by atoms with E-state index in [2.05, 4.69) is 41.2 Å². The Hall–Kier alpha value is -3.53. The Kier molecular flexibility index (Phi) is 7.98. The van der Waals surface area contributed by atoms with Crippen LogP contribution in [0.4, 0.5) is 42.2 Å². The van der Waals surface area contributed by atoms with Crippen molar-refractivity contribution in [3.63, 3.8) is 0 Å². The number of hydrogen-bond donors (Lipinski definition) is 3. The van der Waals surface area contributed by atoms with Crippen LogP contribution in [0.5, 0.6) is 0 Å². The molecule has 0 aliphatic rings. The molecule has 0 bridgehead atoms. The second kappa shape index (κ2) is 10.6. The molecule has 0 aliphatic heterocycles. The van der Waals surface area contributed by atoms with Gasteiger partial charge in [-0.15, -0.1) is 0 Å². The van der Waals surface area contributed by atoms with Gasteiger partial charge in [0.1, 0.15) is 5.82 Å². The number of amides is 1. The first-order valence-corrected chi connectivity index (χ1v) is 10.4. The van der Waals surface area contributed by atoms with E-state index in [1.807, 2.05) is 0 Å². The first-order chi connectivity index (χ1) is 16.8. The van der Waals surface area contributed by atoms with E-state index in [0.29, 0.717) is 18.2 Å². The van der Waals surface area contributed by atoms with Crippen LogP contribution < -0.4 is 10.8 Å². The summed E-state index contributed by atoms with van der Waals surface area (Å²) in [5.41, 5.74) is -1.84. The lowest BCUT2D eigenvalue weighted by atomic mass is 9.99. The van der Waals surface area contributed by atoms with Gasteiger partial charge in [-0.2, -0.15) is 26.3 Å². The molecule has 0 spiro atoms. The molecule has 0 radical (unpaired) electrons. The van der Waals surface area contributed by atoms with Crippen molar-refractivity contribution in [2.75, 3.05) is 5.32 Å². The number of benzene rings is 2. The van der Waals surface area contributed by atoms with Gasteiger partial charge in [0, 0.05) is 6.42 Å². The highest BCUT2D eigenvalue weighted by Gasteiger charge is 2.37. The minimum atomic E-state index is -4.94. The molecule has 2 aromatic carbocycles. The zero-order valence-electron chi connectivity index (χ0n) is 17.5. The molecular formula is C20H13BrF7N5O3. The predicted octanol–water partition coefficient (Wildman–Crippen LogP) is 5.64. The van der Waals surface area contributed by atoms with E-state index in [0.717, 1.165) is 6.07 Å². The van der Waals surface area contributed by atoms with Crippen LogP contribution >= 0.6 is 15.9 Å². The zero-order valence-corrected chi connectivity index (χ0v) is 19.1. The molecular weight excluding hydrogens is 571 g/mol. The summed E-state index contributed by atoms with van der Waals surface area (Å²) >= 11 is 2.96. The van der Waals surface area contributed by atoms with E-state index >= 15 is 0 Å². The summed E-state index contributed by atoms with van der Waals surface area (Å²) in [4.78, 5) is 16.3. The third kappa shape index (κ3) is 6.57. The van der Waals surface area contributed by atoms with Crippen LogP contribution in [0, 0.1) is 5.82 Å². The number of carbonyl (C=O) groups is 1. The molecule has 0 saturated carbocycles. The van der Waals surface area contributed by atoms with Gasteiger partial charge in [0.2, 0.25) is 11.7 Å². The molecule has 16 heteroatoms. The average molecular weight is 584 g/mol. The van der Waals surface area contributed by atoms with Crippen molar-refractivity contribution in [3.8, 4) is 0 Å². The van der Waals surface area contributed by atoms with Gasteiger partial charge in [-0.25, -0.2) is 14.0 Å². The lowest BCUT2D eigenvalue weighted by molar-refractivity contribution is -0.141. The Balaban J connectivity index is 1.79. The molecule has 0 atom stereocenters. The number of halogens is 8. The molecule has 1 amide bonds. The number of amidine groups is 1. The number of anilines is 1. The number of nitrogens with zero attached hydrogens (tertiary/aromatic N) is 3. The van der Waals surface area contributed by atoms with E-state index < -0.39 is 65.3 Å². The number of nitrogens with one attached hydrogen (secondary N) is 2. The Bertz CT molecular complexity index is 1290. The molecule has 3 N–H and O–H groups in total. The van der Waals surface area contributed by atoms with Crippen molar-refractivity contribution in [3.05, 3.63) is 69.1 Å². The van der Waals surface area contributed by atoms with Crippen molar-refractivity contribution in [2.45, 2.75) is 25.2 Å². The number of rotatable bonds is 6. The summed E-state index contributed by atoms with van der Waals surface area (Å²) < 4.78 is 96.5. The second-order valence-electron chi connectivity index (χ2n) is 7.05. The minimum Gasteiger partial charge on any atom is -0.306 e. The van der Waals surface area contributed by atoms with E-state index in [1.165, 1.54) is 12.1 Å². The lowest BCUT2D eigenvalue weighted by Gasteiger charge is -2.15. The average Bonchev–Trinajstić information content (AvgIpc) is 3.24. The molecule has 0 aliphatic carbocycles. The fraction of sp³-hybridized carbons (Fsp3) is 0.200. The molecule has 36 heavy (non-hydrogen) atoms. The van der Waals surface area contributed by atoms with E-state index in [9.17, 15) is 40.7 Å². The largest absolute Gasteiger partial charge is 0.416 e. The maximum atomic E-state index is 13.4. The fourth-order valence-electron chi connectivity index (χ4n) is 2.94. The summed E-state index contributed by atoms with van der Waals surface area (Å²) in [6, 6.07) is 4.52. The number of hydroxylamine groups is 1. The highest BCUT2D eigenvalue weighted by molar-refractivity contribution is 9.10. The van der Waals surface area contributed by atoms with Crippen LogP contribution in [-0.2, 0) is 23.6 Å². The molecule has 0 unspecified atom stereocenters. The Morgan fingerprint density at radius 3 is 2.39 bits per heavy atom. The molecule has 1 aromatic heterocycles. The van der Waals surface area contributed by atoms with Gasteiger partial charge in [-0.1, -0.05) is 0 Å². The highest BCUT2D eigenvalue weighted by atomic mass is 79.9. The monoisotopic (exact) mass is 583 g/mol. The van der Waals surface area contributed by atoms with Crippen LogP contribution in [0.2, 0.25) is 0 Å². The van der Waals surface area contributed by atoms with Gasteiger partial charge in [0.05, 0.1) is 21.3 Å². The first-order valence-electron chi connectivity index (χ1n) is 9.63.